The van der Waals surface area contributed by atoms with E-state index in [4.69, 9.17) is 0 Å². The van der Waals surface area contributed by atoms with Gasteiger partial charge in [0.05, 0.1) is 11.9 Å². The van der Waals surface area contributed by atoms with Gasteiger partial charge in [-0.05, 0) is 25.0 Å². The van der Waals surface area contributed by atoms with Gasteiger partial charge in [0.15, 0.2) is 0 Å². The lowest BCUT2D eigenvalue weighted by Gasteiger charge is -2.03. The first-order valence-electron chi connectivity index (χ1n) is 4.70. The van der Waals surface area contributed by atoms with Crippen LogP contribution in [0.3, 0.4) is 0 Å². The van der Waals surface area contributed by atoms with E-state index in [2.05, 4.69) is 26.2 Å². The largest absolute Gasteiger partial charge is 0.325 e. The Hall–Kier alpha value is -0.970. The lowest BCUT2D eigenvalue weighted by atomic mass is 10.2. The van der Waals surface area contributed by atoms with Gasteiger partial charge in [0.25, 0.3) is 0 Å². The van der Waals surface area contributed by atoms with Crippen molar-refractivity contribution >= 4 is 27.5 Å². The van der Waals surface area contributed by atoms with E-state index in [1.807, 2.05) is 0 Å². The van der Waals surface area contributed by atoms with Crippen LogP contribution in [0.2, 0.25) is 0 Å². The van der Waals surface area contributed by atoms with Gasteiger partial charge in [-0.15, -0.1) is 0 Å². The number of anilines is 1. The Morgan fingerprint density at radius 1 is 1.47 bits per heavy atom. The normalized spacial score (nSPS) is 10.0. The third-order valence-corrected chi connectivity index (χ3v) is 2.36. The summed E-state index contributed by atoms with van der Waals surface area (Å²) in [5.74, 6) is -0.614. The van der Waals surface area contributed by atoms with Gasteiger partial charge in [0, 0.05) is 11.8 Å². The number of carbonyl (C=O) groups is 1. The highest BCUT2D eigenvalue weighted by Gasteiger charge is 2.02. The lowest BCUT2D eigenvalue weighted by Crippen LogP contribution is -2.11. The third kappa shape index (κ3) is 4.88. The minimum absolute atomic E-state index is 0.0654. The van der Waals surface area contributed by atoms with Crippen molar-refractivity contribution in [2.75, 3.05) is 10.6 Å². The second-order valence-electron chi connectivity index (χ2n) is 3.06. The van der Waals surface area contributed by atoms with Gasteiger partial charge in [-0.2, -0.15) is 4.39 Å². The van der Waals surface area contributed by atoms with Crippen molar-refractivity contribution in [3.05, 3.63) is 24.3 Å². The quantitative estimate of drug-likeness (QED) is 0.510. The molecule has 0 atom stereocenters. The predicted molar refractivity (Wildman–Crippen MR) is 60.5 cm³/mol. The van der Waals surface area contributed by atoms with Crippen LogP contribution < -0.4 is 5.32 Å². The van der Waals surface area contributed by atoms with Crippen molar-refractivity contribution < 1.29 is 9.18 Å². The molecule has 0 radical (unpaired) electrons. The molecule has 1 aromatic rings. The van der Waals surface area contributed by atoms with Crippen LogP contribution in [0, 0.1) is 5.95 Å². The van der Waals surface area contributed by atoms with Crippen molar-refractivity contribution in [3.8, 4) is 0 Å². The maximum absolute atomic E-state index is 12.4. The summed E-state index contributed by atoms with van der Waals surface area (Å²) in [5.41, 5.74) is 0.528. The van der Waals surface area contributed by atoms with Gasteiger partial charge in [-0.1, -0.05) is 15.9 Å². The predicted octanol–water partition coefficient (Wildman–Crippen LogP) is 2.72. The lowest BCUT2D eigenvalue weighted by molar-refractivity contribution is -0.116. The van der Waals surface area contributed by atoms with E-state index in [1.54, 1.807) is 0 Å². The summed E-state index contributed by atoms with van der Waals surface area (Å²) < 4.78 is 12.4. The van der Waals surface area contributed by atoms with Crippen LogP contribution in [0.4, 0.5) is 10.1 Å². The molecular weight excluding hydrogens is 263 g/mol. The molecule has 1 N–H and O–H groups in total. The molecule has 0 unspecified atom stereocenters. The first-order chi connectivity index (χ1) is 7.22. The number of carbonyl (C=O) groups excluding carboxylic acids is 1. The van der Waals surface area contributed by atoms with Crippen LogP contribution in [0.25, 0.3) is 0 Å². The van der Waals surface area contributed by atoms with Gasteiger partial charge in [-0.3, -0.25) is 4.79 Å². The van der Waals surface area contributed by atoms with E-state index in [0.29, 0.717) is 12.1 Å². The molecule has 0 saturated heterocycles. The zero-order chi connectivity index (χ0) is 11.1. The zero-order valence-electron chi connectivity index (χ0n) is 8.17. The second kappa shape index (κ2) is 6.50. The minimum atomic E-state index is -0.549. The summed E-state index contributed by atoms with van der Waals surface area (Å²) in [6.07, 6.45) is 3.58. The van der Waals surface area contributed by atoms with Crippen molar-refractivity contribution in [2.24, 2.45) is 0 Å². The molecule has 82 valence electrons. The molecular formula is C10H12BrFN2O. The van der Waals surface area contributed by atoms with Gasteiger partial charge in [-0.25, -0.2) is 4.98 Å². The number of pyridine rings is 1. The highest BCUT2D eigenvalue weighted by molar-refractivity contribution is 9.09. The third-order valence-electron chi connectivity index (χ3n) is 1.80. The molecule has 0 bridgehead atoms. The molecule has 5 heteroatoms. The number of rotatable bonds is 5. The summed E-state index contributed by atoms with van der Waals surface area (Å²) >= 11 is 3.29. The van der Waals surface area contributed by atoms with Crippen molar-refractivity contribution in [1.29, 1.82) is 0 Å². The fourth-order valence-corrected chi connectivity index (χ4v) is 1.45. The molecule has 0 spiro atoms. The minimum Gasteiger partial charge on any atom is -0.325 e. The molecule has 3 nitrogen and oxygen atoms in total. The molecule has 0 fully saturated rings. The number of amides is 1. The highest BCUT2D eigenvalue weighted by atomic mass is 79.9. The number of hydrogen-bond donors (Lipinski definition) is 1. The number of alkyl halides is 1. The molecule has 1 heterocycles. The first-order valence-corrected chi connectivity index (χ1v) is 5.82. The SMILES string of the molecule is O=C(CCCCBr)Nc1ccc(F)nc1. The molecule has 0 aliphatic rings. The smallest absolute Gasteiger partial charge is 0.224 e. The Morgan fingerprint density at radius 2 is 2.27 bits per heavy atom. The van der Waals surface area contributed by atoms with Gasteiger partial charge in [0.2, 0.25) is 11.9 Å². The summed E-state index contributed by atoms with van der Waals surface area (Å²) in [5, 5.41) is 3.55. The molecule has 0 aromatic carbocycles. The Labute approximate surface area is 96.2 Å². The zero-order valence-corrected chi connectivity index (χ0v) is 9.76. The van der Waals surface area contributed by atoms with Gasteiger partial charge in [0.1, 0.15) is 0 Å². The van der Waals surface area contributed by atoms with E-state index < -0.39 is 5.95 Å². The average Bonchev–Trinajstić information content (AvgIpc) is 2.22. The molecule has 0 aliphatic heterocycles. The monoisotopic (exact) mass is 274 g/mol. The summed E-state index contributed by atoms with van der Waals surface area (Å²) in [6.45, 7) is 0. The van der Waals surface area contributed by atoms with E-state index in [0.717, 1.165) is 18.2 Å². The first kappa shape index (κ1) is 12.1. The number of halogens is 2. The Morgan fingerprint density at radius 3 is 2.87 bits per heavy atom. The summed E-state index contributed by atoms with van der Waals surface area (Å²) in [4.78, 5) is 14.8. The Kier molecular flexibility index (Phi) is 5.25. The van der Waals surface area contributed by atoms with Crippen LogP contribution in [-0.2, 0) is 4.79 Å². The van der Waals surface area contributed by atoms with Gasteiger partial charge >= 0.3 is 0 Å². The molecule has 1 aromatic heterocycles. The van der Waals surface area contributed by atoms with Crippen LogP contribution in [0.15, 0.2) is 18.3 Å². The molecule has 1 rings (SSSR count). The topological polar surface area (TPSA) is 42.0 Å². The molecule has 0 saturated carbocycles. The highest BCUT2D eigenvalue weighted by Crippen LogP contribution is 2.07. The van der Waals surface area contributed by atoms with Gasteiger partial charge < -0.3 is 5.32 Å². The summed E-state index contributed by atoms with van der Waals surface area (Å²) in [6, 6.07) is 2.71. The van der Waals surface area contributed by atoms with Crippen molar-refractivity contribution in [2.45, 2.75) is 19.3 Å². The number of hydrogen-bond acceptors (Lipinski definition) is 2. The Bertz CT molecular complexity index is 316. The van der Waals surface area contributed by atoms with E-state index in [1.165, 1.54) is 18.3 Å². The van der Waals surface area contributed by atoms with E-state index >= 15 is 0 Å². The van der Waals surface area contributed by atoms with Crippen LogP contribution in [-0.4, -0.2) is 16.2 Å². The Balaban J connectivity index is 2.34. The average molecular weight is 275 g/mol. The van der Waals surface area contributed by atoms with Crippen LogP contribution in [0.5, 0.6) is 0 Å². The molecule has 0 aliphatic carbocycles. The fraction of sp³-hybridized carbons (Fsp3) is 0.400. The molecule has 1 amide bonds. The number of nitrogens with one attached hydrogen (secondary N) is 1. The van der Waals surface area contributed by atoms with Crippen LogP contribution >= 0.6 is 15.9 Å². The van der Waals surface area contributed by atoms with E-state index in [9.17, 15) is 9.18 Å². The van der Waals surface area contributed by atoms with Crippen molar-refractivity contribution in [3.63, 3.8) is 0 Å². The van der Waals surface area contributed by atoms with Crippen molar-refractivity contribution in [1.82, 2.24) is 4.98 Å². The maximum Gasteiger partial charge on any atom is 0.224 e. The van der Waals surface area contributed by atoms with E-state index in [-0.39, 0.29) is 5.91 Å². The number of unbranched alkanes of at least 4 members (excludes halogenated alkanes) is 1. The maximum atomic E-state index is 12.4. The number of nitrogens with zero attached hydrogens (tertiary/aromatic N) is 1. The fourth-order valence-electron chi connectivity index (χ4n) is 1.05. The second-order valence-corrected chi connectivity index (χ2v) is 3.86. The number of aromatic nitrogens is 1. The van der Waals surface area contributed by atoms with Crippen LogP contribution in [0.1, 0.15) is 19.3 Å². The summed E-state index contributed by atoms with van der Waals surface area (Å²) in [7, 11) is 0. The molecule has 15 heavy (non-hydrogen) atoms. The standard InChI is InChI=1S/C10H12BrFN2O/c11-6-2-1-3-10(15)14-8-4-5-9(12)13-7-8/h4-5,7H,1-3,6H2,(H,14,15).